The maximum Gasteiger partial charge on any atom is 0.306 e. The predicted molar refractivity (Wildman–Crippen MR) is 90.5 cm³/mol. The first-order chi connectivity index (χ1) is 10.1. The molecule has 1 saturated carbocycles. The summed E-state index contributed by atoms with van der Waals surface area (Å²) in [5.74, 6) is 0.890. The van der Waals surface area contributed by atoms with Crippen molar-refractivity contribution in [3.05, 3.63) is 28.2 Å². The molecule has 0 heterocycles. The molecule has 0 bridgehead atoms. The number of ether oxygens (including phenoxy) is 1. The minimum absolute atomic E-state index is 0.0897. The van der Waals surface area contributed by atoms with Gasteiger partial charge in [0.2, 0.25) is 0 Å². The molecule has 3 nitrogen and oxygen atoms in total. The van der Waals surface area contributed by atoms with Crippen molar-refractivity contribution in [3.63, 3.8) is 0 Å². The molecule has 5 heteroatoms. The van der Waals surface area contributed by atoms with E-state index in [1.54, 1.807) is 0 Å². The van der Waals surface area contributed by atoms with E-state index in [1.807, 2.05) is 11.8 Å². The molecule has 0 spiro atoms. The zero-order chi connectivity index (χ0) is 15.3. The number of nitrogens with one attached hydrogen (secondary N) is 1. The lowest BCUT2D eigenvalue weighted by atomic mass is 10.1. The fraction of sp³-hybridized carbons (Fsp3) is 0.562. The number of hydrogen-bond acceptors (Lipinski definition) is 4. The lowest BCUT2D eigenvalue weighted by Gasteiger charge is -2.14. The Morgan fingerprint density at radius 2 is 2.24 bits per heavy atom. The van der Waals surface area contributed by atoms with E-state index in [9.17, 15) is 4.79 Å². The van der Waals surface area contributed by atoms with Crippen LogP contribution >= 0.6 is 27.7 Å². The molecule has 0 saturated heterocycles. The highest BCUT2D eigenvalue weighted by atomic mass is 79.9. The van der Waals surface area contributed by atoms with Crippen molar-refractivity contribution in [1.29, 1.82) is 0 Å². The zero-order valence-corrected chi connectivity index (χ0v) is 15.0. The summed E-state index contributed by atoms with van der Waals surface area (Å²) in [5, 5.41) is 3.33. The molecule has 1 aromatic carbocycles. The summed E-state index contributed by atoms with van der Waals surface area (Å²) >= 11 is 5.48. The van der Waals surface area contributed by atoms with Crippen LogP contribution in [0.3, 0.4) is 0 Å². The van der Waals surface area contributed by atoms with Crippen LogP contribution in [0.5, 0.6) is 0 Å². The van der Waals surface area contributed by atoms with Gasteiger partial charge < -0.3 is 10.1 Å². The number of esters is 1. The minimum atomic E-state index is -0.0897. The summed E-state index contributed by atoms with van der Waals surface area (Å²) in [5.41, 5.74) is 1.45. The van der Waals surface area contributed by atoms with Crippen molar-refractivity contribution in [1.82, 2.24) is 5.32 Å². The second-order valence-electron chi connectivity index (χ2n) is 5.59. The third kappa shape index (κ3) is 5.01. The summed E-state index contributed by atoms with van der Waals surface area (Å²) in [4.78, 5) is 12.7. The molecule has 1 aromatic rings. The number of methoxy groups -OCH3 is 1. The van der Waals surface area contributed by atoms with E-state index in [0.717, 1.165) is 36.2 Å². The lowest BCUT2D eigenvalue weighted by molar-refractivity contribution is -0.141. The van der Waals surface area contributed by atoms with Gasteiger partial charge in [0.15, 0.2) is 0 Å². The molecule has 0 aliphatic heterocycles. The quantitative estimate of drug-likeness (QED) is 0.553. The number of halogens is 1. The molecule has 0 unspecified atom stereocenters. The van der Waals surface area contributed by atoms with Crippen molar-refractivity contribution < 1.29 is 9.53 Å². The van der Waals surface area contributed by atoms with Crippen LogP contribution in [0.1, 0.15) is 31.7 Å². The van der Waals surface area contributed by atoms with Crippen molar-refractivity contribution >= 4 is 33.7 Å². The molecule has 1 fully saturated rings. The molecule has 21 heavy (non-hydrogen) atoms. The van der Waals surface area contributed by atoms with Gasteiger partial charge in [0, 0.05) is 21.7 Å². The fourth-order valence-electron chi connectivity index (χ4n) is 2.20. The largest absolute Gasteiger partial charge is 0.469 e. The van der Waals surface area contributed by atoms with Crippen LogP contribution in [0.4, 0.5) is 0 Å². The monoisotopic (exact) mass is 371 g/mol. The van der Waals surface area contributed by atoms with Crippen molar-refractivity contribution in [2.24, 2.45) is 5.41 Å². The highest BCUT2D eigenvalue weighted by Crippen LogP contribution is 2.52. The Kier molecular flexibility index (Phi) is 6.14. The maximum atomic E-state index is 11.4. The summed E-state index contributed by atoms with van der Waals surface area (Å²) in [6.45, 7) is 3.98. The molecule has 1 N–H and O–H groups in total. The first-order valence-electron chi connectivity index (χ1n) is 7.27. The van der Waals surface area contributed by atoms with Crippen molar-refractivity contribution in [2.75, 3.05) is 19.4 Å². The SMILES string of the molecule is CCNCc1ccc(SCC2(CC(=O)OC)CC2)c(Br)c1. The van der Waals surface area contributed by atoms with Gasteiger partial charge in [-0.05, 0) is 58.4 Å². The van der Waals surface area contributed by atoms with Gasteiger partial charge in [-0.15, -0.1) is 11.8 Å². The smallest absolute Gasteiger partial charge is 0.306 e. The molecule has 0 amide bonds. The number of hydrogen-bond donors (Lipinski definition) is 1. The van der Waals surface area contributed by atoms with Gasteiger partial charge in [-0.2, -0.15) is 0 Å². The van der Waals surface area contributed by atoms with Gasteiger partial charge in [-0.1, -0.05) is 13.0 Å². The lowest BCUT2D eigenvalue weighted by Crippen LogP contribution is -2.13. The standard InChI is InChI=1S/C16H22BrNO2S/c1-3-18-10-12-4-5-14(13(17)8-12)21-11-16(6-7-16)9-15(19)20-2/h4-5,8,18H,3,6-7,9-11H2,1-2H3. The van der Waals surface area contributed by atoms with Crippen LogP contribution in [-0.2, 0) is 16.1 Å². The van der Waals surface area contributed by atoms with Crippen molar-refractivity contribution in [3.8, 4) is 0 Å². The number of rotatable bonds is 8. The predicted octanol–water partition coefficient (Wildman–Crippen LogP) is 3.99. The Balaban J connectivity index is 1.90. The second kappa shape index (κ2) is 7.65. The molecule has 0 atom stereocenters. The average molecular weight is 372 g/mol. The summed E-state index contributed by atoms with van der Waals surface area (Å²) in [7, 11) is 1.46. The van der Waals surface area contributed by atoms with E-state index in [4.69, 9.17) is 4.74 Å². The summed E-state index contributed by atoms with van der Waals surface area (Å²) in [6, 6.07) is 6.50. The Morgan fingerprint density at radius 1 is 1.48 bits per heavy atom. The molecule has 1 aliphatic carbocycles. The molecule has 0 radical (unpaired) electrons. The zero-order valence-electron chi connectivity index (χ0n) is 12.6. The minimum Gasteiger partial charge on any atom is -0.469 e. The number of carbonyl (C=O) groups excluding carboxylic acids is 1. The van der Waals surface area contributed by atoms with E-state index in [2.05, 4.69) is 46.4 Å². The van der Waals surface area contributed by atoms with Crippen molar-refractivity contribution in [2.45, 2.75) is 37.6 Å². The van der Waals surface area contributed by atoms with Gasteiger partial charge in [0.05, 0.1) is 13.5 Å². The van der Waals surface area contributed by atoms with Crippen LogP contribution < -0.4 is 5.32 Å². The van der Waals surface area contributed by atoms with Crippen LogP contribution in [-0.4, -0.2) is 25.4 Å². The van der Waals surface area contributed by atoms with E-state index in [0.29, 0.717) is 6.42 Å². The number of benzene rings is 1. The van der Waals surface area contributed by atoms with Crippen LogP contribution in [0, 0.1) is 5.41 Å². The summed E-state index contributed by atoms with van der Waals surface area (Å²) in [6.07, 6.45) is 2.81. The van der Waals surface area contributed by atoms with Crippen LogP contribution in [0.25, 0.3) is 0 Å². The van der Waals surface area contributed by atoms with E-state index in [1.165, 1.54) is 17.6 Å². The van der Waals surface area contributed by atoms with E-state index < -0.39 is 0 Å². The first-order valence-corrected chi connectivity index (χ1v) is 9.05. The van der Waals surface area contributed by atoms with Gasteiger partial charge in [-0.3, -0.25) is 4.79 Å². The average Bonchev–Trinajstić information content (AvgIpc) is 3.24. The van der Waals surface area contributed by atoms with Gasteiger partial charge in [0.25, 0.3) is 0 Å². The van der Waals surface area contributed by atoms with Gasteiger partial charge in [0.1, 0.15) is 0 Å². The maximum absolute atomic E-state index is 11.4. The Morgan fingerprint density at radius 3 is 2.81 bits per heavy atom. The Labute approximate surface area is 139 Å². The molecular weight excluding hydrogens is 350 g/mol. The highest BCUT2D eigenvalue weighted by molar-refractivity contribution is 9.10. The normalized spacial score (nSPS) is 15.8. The Hall–Kier alpha value is -0.520. The third-order valence-electron chi connectivity index (χ3n) is 3.81. The van der Waals surface area contributed by atoms with Gasteiger partial charge >= 0.3 is 5.97 Å². The topological polar surface area (TPSA) is 38.3 Å². The van der Waals surface area contributed by atoms with Crippen LogP contribution in [0.15, 0.2) is 27.6 Å². The third-order valence-corrected chi connectivity index (χ3v) is 6.16. The second-order valence-corrected chi connectivity index (χ2v) is 7.46. The Bertz CT molecular complexity index is 503. The molecule has 0 aromatic heterocycles. The molecule has 2 rings (SSSR count). The van der Waals surface area contributed by atoms with E-state index in [-0.39, 0.29) is 11.4 Å². The first kappa shape index (κ1) is 16.8. The van der Waals surface area contributed by atoms with Crippen LogP contribution in [0.2, 0.25) is 0 Å². The summed E-state index contributed by atoms with van der Waals surface area (Å²) < 4.78 is 5.93. The highest BCUT2D eigenvalue weighted by Gasteiger charge is 2.44. The molecular formula is C16H22BrNO2S. The molecule has 116 valence electrons. The molecule has 1 aliphatic rings. The number of thioether (sulfide) groups is 1. The van der Waals surface area contributed by atoms with E-state index >= 15 is 0 Å². The number of carbonyl (C=O) groups is 1. The van der Waals surface area contributed by atoms with Gasteiger partial charge in [-0.25, -0.2) is 0 Å². The fourth-order valence-corrected chi connectivity index (χ4v) is 4.18.